The molecule has 0 fully saturated rings. The molecule has 0 saturated carbocycles. The summed E-state index contributed by atoms with van der Waals surface area (Å²) >= 11 is 3.44. The highest BCUT2D eigenvalue weighted by Gasteiger charge is 2.06. The Morgan fingerprint density at radius 1 is 1.25 bits per heavy atom. The van der Waals surface area contributed by atoms with Gasteiger partial charge in [-0.2, -0.15) is 5.10 Å². The highest BCUT2D eigenvalue weighted by Crippen LogP contribution is 2.26. The lowest BCUT2D eigenvalue weighted by Crippen LogP contribution is -2.24. The first kappa shape index (κ1) is 18.0. The third-order valence-corrected chi connectivity index (χ3v) is 3.91. The molecule has 0 radical (unpaired) electrons. The molecule has 1 N–H and O–H groups in total. The van der Waals surface area contributed by atoms with Crippen LogP contribution in [0.15, 0.2) is 52.0 Å². The molecule has 6 heteroatoms. The Morgan fingerprint density at radius 3 is 2.75 bits per heavy atom. The van der Waals surface area contributed by atoms with Crippen LogP contribution in [0.3, 0.4) is 0 Å². The van der Waals surface area contributed by atoms with Crippen molar-refractivity contribution in [3.05, 3.63) is 58.1 Å². The van der Waals surface area contributed by atoms with Crippen LogP contribution in [-0.2, 0) is 11.2 Å². The van der Waals surface area contributed by atoms with Crippen LogP contribution in [0.25, 0.3) is 0 Å². The zero-order valence-corrected chi connectivity index (χ0v) is 15.2. The molecule has 126 valence electrons. The molecule has 2 rings (SSSR count). The Kier molecular flexibility index (Phi) is 6.81. The van der Waals surface area contributed by atoms with E-state index in [1.807, 2.05) is 42.5 Å². The summed E-state index contributed by atoms with van der Waals surface area (Å²) < 4.78 is 11.5. The number of hydrazone groups is 1. The maximum absolute atomic E-state index is 11.8. The van der Waals surface area contributed by atoms with Crippen molar-refractivity contribution >= 4 is 28.1 Å². The van der Waals surface area contributed by atoms with Crippen LogP contribution < -0.4 is 14.9 Å². The van der Waals surface area contributed by atoms with Crippen LogP contribution in [-0.4, -0.2) is 25.8 Å². The standard InChI is InChI=1S/C18H19BrN2O3/c1-3-13-8-9-17(15(19)10-13)24-12-18(22)21-20-11-14-6-4-5-7-16(14)23-2/h4-11H,3,12H2,1-2H3,(H,21,22). The van der Waals surface area contributed by atoms with Gasteiger partial charge >= 0.3 is 0 Å². The lowest BCUT2D eigenvalue weighted by molar-refractivity contribution is -0.123. The van der Waals surface area contributed by atoms with Crippen LogP contribution >= 0.6 is 15.9 Å². The van der Waals surface area contributed by atoms with Crippen LogP contribution in [0.4, 0.5) is 0 Å². The molecule has 0 heterocycles. The molecule has 24 heavy (non-hydrogen) atoms. The number of nitrogens with zero attached hydrogens (tertiary/aromatic N) is 1. The number of ether oxygens (including phenoxy) is 2. The van der Waals surface area contributed by atoms with Crippen molar-refractivity contribution in [3.63, 3.8) is 0 Å². The van der Waals surface area contributed by atoms with E-state index in [9.17, 15) is 4.79 Å². The number of halogens is 1. The molecular formula is C18H19BrN2O3. The van der Waals surface area contributed by atoms with Crippen molar-refractivity contribution in [1.82, 2.24) is 5.43 Å². The average molecular weight is 391 g/mol. The molecule has 0 aromatic heterocycles. The summed E-state index contributed by atoms with van der Waals surface area (Å²) in [6.07, 6.45) is 2.47. The van der Waals surface area contributed by atoms with Gasteiger partial charge in [-0.15, -0.1) is 0 Å². The predicted molar refractivity (Wildman–Crippen MR) is 97.7 cm³/mol. The molecule has 0 saturated heterocycles. The van der Waals surface area contributed by atoms with E-state index in [0.717, 1.165) is 16.5 Å². The minimum absolute atomic E-state index is 0.118. The van der Waals surface area contributed by atoms with Crippen LogP contribution in [0.2, 0.25) is 0 Å². The molecule has 0 aliphatic rings. The van der Waals surface area contributed by atoms with Crippen molar-refractivity contribution in [2.24, 2.45) is 5.10 Å². The second-order valence-corrected chi connectivity index (χ2v) is 5.80. The minimum Gasteiger partial charge on any atom is -0.496 e. The first-order valence-electron chi connectivity index (χ1n) is 7.50. The number of hydrogen-bond acceptors (Lipinski definition) is 4. The van der Waals surface area contributed by atoms with Gasteiger partial charge < -0.3 is 9.47 Å². The lowest BCUT2D eigenvalue weighted by atomic mass is 10.2. The second-order valence-electron chi connectivity index (χ2n) is 4.94. The number of carbonyl (C=O) groups excluding carboxylic acids is 1. The van der Waals surface area contributed by atoms with E-state index in [-0.39, 0.29) is 12.5 Å². The lowest BCUT2D eigenvalue weighted by Gasteiger charge is -2.08. The number of aryl methyl sites for hydroxylation is 1. The van der Waals surface area contributed by atoms with Gasteiger partial charge in [0, 0.05) is 5.56 Å². The summed E-state index contributed by atoms with van der Waals surface area (Å²) in [5, 5.41) is 3.92. The van der Waals surface area contributed by atoms with Gasteiger partial charge in [0.25, 0.3) is 5.91 Å². The number of nitrogens with one attached hydrogen (secondary N) is 1. The third kappa shape index (κ3) is 5.09. The summed E-state index contributed by atoms with van der Waals surface area (Å²) in [6, 6.07) is 13.2. The van der Waals surface area contributed by atoms with E-state index in [0.29, 0.717) is 11.5 Å². The number of para-hydroxylation sites is 1. The average Bonchev–Trinajstić information content (AvgIpc) is 2.61. The Balaban J connectivity index is 1.86. The molecule has 0 aliphatic carbocycles. The highest BCUT2D eigenvalue weighted by atomic mass is 79.9. The zero-order chi connectivity index (χ0) is 17.4. The summed E-state index contributed by atoms with van der Waals surface area (Å²) in [7, 11) is 1.58. The largest absolute Gasteiger partial charge is 0.496 e. The van der Waals surface area contributed by atoms with Gasteiger partial charge in [-0.25, -0.2) is 5.43 Å². The summed E-state index contributed by atoms with van der Waals surface area (Å²) in [5.74, 6) is 0.968. The number of benzene rings is 2. The smallest absolute Gasteiger partial charge is 0.277 e. The van der Waals surface area contributed by atoms with Crippen molar-refractivity contribution in [2.75, 3.05) is 13.7 Å². The first-order chi connectivity index (χ1) is 11.6. The monoisotopic (exact) mass is 390 g/mol. The molecule has 1 amide bonds. The van der Waals surface area contributed by atoms with E-state index in [1.54, 1.807) is 7.11 Å². The van der Waals surface area contributed by atoms with Gasteiger partial charge in [0.15, 0.2) is 6.61 Å². The van der Waals surface area contributed by atoms with E-state index in [1.165, 1.54) is 11.8 Å². The molecule has 0 unspecified atom stereocenters. The van der Waals surface area contributed by atoms with E-state index >= 15 is 0 Å². The van der Waals surface area contributed by atoms with Crippen LogP contribution in [0.1, 0.15) is 18.1 Å². The molecule has 2 aromatic carbocycles. The normalized spacial score (nSPS) is 10.6. The van der Waals surface area contributed by atoms with E-state index in [4.69, 9.17) is 9.47 Å². The fourth-order valence-corrected chi connectivity index (χ4v) is 2.54. The quantitative estimate of drug-likeness (QED) is 0.580. The van der Waals surface area contributed by atoms with Gasteiger partial charge in [-0.3, -0.25) is 4.79 Å². The first-order valence-corrected chi connectivity index (χ1v) is 8.29. The number of carbonyl (C=O) groups is 1. The number of rotatable bonds is 7. The summed E-state index contributed by atoms with van der Waals surface area (Å²) in [4.78, 5) is 11.8. The topological polar surface area (TPSA) is 59.9 Å². The Morgan fingerprint density at radius 2 is 2.04 bits per heavy atom. The third-order valence-electron chi connectivity index (χ3n) is 3.30. The molecular weight excluding hydrogens is 372 g/mol. The maximum atomic E-state index is 11.8. The zero-order valence-electron chi connectivity index (χ0n) is 13.6. The van der Waals surface area contributed by atoms with Gasteiger partial charge in [0.1, 0.15) is 11.5 Å². The van der Waals surface area contributed by atoms with Crippen LogP contribution in [0.5, 0.6) is 11.5 Å². The van der Waals surface area contributed by atoms with Crippen molar-refractivity contribution < 1.29 is 14.3 Å². The minimum atomic E-state index is -0.340. The van der Waals surface area contributed by atoms with Crippen LogP contribution in [0, 0.1) is 0 Å². The van der Waals surface area contributed by atoms with Crippen molar-refractivity contribution in [3.8, 4) is 11.5 Å². The number of amides is 1. The number of hydrogen-bond donors (Lipinski definition) is 1. The Labute approximate surface area is 149 Å². The number of methoxy groups -OCH3 is 1. The second kappa shape index (κ2) is 9.08. The van der Waals surface area contributed by atoms with E-state index in [2.05, 4.69) is 33.4 Å². The van der Waals surface area contributed by atoms with Gasteiger partial charge in [-0.1, -0.05) is 25.1 Å². The fourth-order valence-electron chi connectivity index (χ4n) is 2.00. The maximum Gasteiger partial charge on any atom is 0.277 e. The molecule has 2 aromatic rings. The van der Waals surface area contributed by atoms with Crippen molar-refractivity contribution in [2.45, 2.75) is 13.3 Å². The molecule has 0 spiro atoms. The van der Waals surface area contributed by atoms with Crippen molar-refractivity contribution in [1.29, 1.82) is 0 Å². The fraction of sp³-hybridized carbons (Fsp3) is 0.222. The molecule has 5 nitrogen and oxygen atoms in total. The highest BCUT2D eigenvalue weighted by molar-refractivity contribution is 9.10. The van der Waals surface area contributed by atoms with E-state index < -0.39 is 0 Å². The Hall–Kier alpha value is -2.34. The Bertz CT molecular complexity index is 732. The molecule has 0 aliphatic heterocycles. The van der Waals surface area contributed by atoms with Gasteiger partial charge in [-0.05, 0) is 52.2 Å². The van der Waals surface area contributed by atoms with Gasteiger partial charge in [0.05, 0.1) is 17.8 Å². The predicted octanol–water partition coefficient (Wildman–Crippen LogP) is 3.55. The summed E-state index contributed by atoms with van der Waals surface area (Å²) in [5.41, 5.74) is 4.40. The SMILES string of the molecule is CCc1ccc(OCC(=O)NN=Cc2ccccc2OC)c(Br)c1. The summed E-state index contributed by atoms with van der Waals surface area (Å²) in [6.45, 7) is 1.96. The van der Waals surface area contributed by atoms with Gasteiger partial charge in [0.2, 0.25) is 0 Å². The molecule has 0 bridgehead atoms. The molecule has 0 atom stereocenters.